The van der Waals surface area contributed by atoms with E-state index < -0.39 is 5.97 Å². The molecule has 1 aromatic rings. The lowest BCUT2D eigenvalue weighted by Gasteiger charge is -2.07. The first kappa shape index (κ1) is 13.9. The van der Waals surface area contributed by atoms with Gasteiger partial charge in [0.25, 0.3) is 0 Å². The van der Waals surface area contributed by atoms with Crippen molar-refractivity contribution in [3.8, 4) is 0 Å². The molecular weight excluding hydrogens is 284 g/mol. The maximum Gasteiger partial charge on any atom is 0.303 e. The van der Waals surface area contributed by atoms with Crippen molar-refractivity contribution >= 4 is 27.7 Å². The van der Waals surface area contributed by atoms with Crippen molar-refractivity contribution < 1.29 is 14.7 Å². The standard InChI is InChI=1S/C13H15BrO3/c1-8-7-11(14)9(2)6-10(8)12(15)4-3-5-13(16)17/h6-7H,3-5H2,1-2H3,(H,16,17). The molecule has 0 aromatic heterocycles. The summed E-state index contributed by atoms with van der Waals surface area (Å²) in [6.45, 7) is 3.81. The molecule has 0 atom stereocenters. The number of carbonyl (C=O) groups is 2. The van der Waals surface area contributed by atoms with E-state index in [1.807, 2.05) is 26.0 Å². The van der Waals surface area contributed by atoms with Gasteiger partial charge in [0.2, 0.25) is 0 Å². The molecule has 0 aliphatic rings. The third-order valence-corrected chi connectivity index (χ3v) is 3.45. The second-order valence-corrected chi connectivity index (χ2v) is 4.94. The Kier molecular flexibility index (Phi) is 4.87. The van der Waals surface area contributed by atoms with Crippen LogP contribution in [0.1, 0.15) is 40.7 Å². The molecule has 17 heavy (non-hydrogen) atoms. The minimum Gasteiger partial charge on any atom is -0.481 e. The van der Waals surface area contributed by atoms with Crippen molar-refractivity contribution in [1.82, 2.24) is 0 Å². The van der Waals surface area contributed by atoms with Crippen LogP contribution in [0, 0.1) is 13.8 Å². The van der Waals surface area contributed by atoms with E-state index >= 15 is 0 Å². The fourth-order valence-corrected chi connectivity index (χ4v) is 2.07. The summed E-state index contributed by atoms with van der Waals surface area (Å²) in [5.41, 5.74) is 2.62. The third kappa shape index (κ3) is 3.97. The number of halogens is 1. The number of carboxylic acid groups (broad SMARTS) is 1. The first-order valence-electron chi connectivity index (χ1n) is 5.43. The molecule has 3 nitrogen and oxygen atoms in total. The lowest BCUT2D eigenvalue weighted by atomic mass is 9.99. The summed E-state index contributed by atoms with van der Waals surface area (Å²) >= 11 is 3.41. The molecule has 0 aliphatic heterocycles. The van der Waals surface area contributed by atoms with E-state index in [9.17, 15) is 9.59 Å². The Bertz CT molecular complexity index is 452. The van der Waals surface area contributed by atoms with Crippen molar-refractivity contribution in [3.63, 3.8) is 0 Å². The lowest BCUT2D eigenvalue weighted by molar-refractivity contribution is -0.137. The smallest absolute Gasteiger partial charge is 0.303 e. The number of hydrogen-bond donors (Lipinski definition) is 1. The van der Waals surface area contributed by atoms with Gasteiger partial charge >= 0.3 is 5.97 Å². The normalized spacial score (nSPS) is 10.3. The molecular formula is C13H15BrO3. The highest BCUT2D eigenvalue weighted by Crippen LogP contribution is 2.22. The molecule has 0 bridgehead atoms. The maximum absolute atomic E-state index is 11.9. The van der Waals surface area contributed by atoms with E-state index in [4.69, 9.17) is 5.11 Å². The van der Waals surface area contributed by atoms with Gasteiger partial charge in [-0.05, 0) is 43.5 Å². The van der Waals surface area contributed by atoms with Crippen LogP contribution in [0.3, 0.4) is 0 Å². The van der Waals surface area contributed by atoms with Crippen molar-refractivity contribution in [3.05, 3.63) is 33.3 Å². The lowest BCUT2D eigenvalue weighted by Crippen LogP contribution is -2.04. The van der Waals surface area contributed by atoms with E-state index in [-0.39, 0.29) is 18.6 Å². The fourth-order valence-electron chi connectivity index (χ4n) is 1.62. The predicted molar refractivity (Wildman–Crippen MR) is 69.4 cm³/mol. The number of aryl methyl sites for hydroxylation is 2. The monoisotopic (exact) mass is 298 g/mol. The minimum absolute atomic E-state index is 0.0133. The van der Waals surface area contributed by atoms with Gasteiger partial charge in [0.15, 0.2) is 5.78 Å². The fraction of sp³-hybridized carbons (Fsp3) is 0.385. The number of ketones is 1. The zero-order chi connectivity index (χ0) is 13.0. The molecule has 1 aromatic carbocycles. The molecule has 0 saturated carbocycles. The van der Waals surface area contributed by atoms with Crippen LogP contribution in [-0.2, 0) is 4.79 Å². The SMILES string of the molecule is Cc1cc(C(=O)CCCC(=O)O)c(C)cc1Br. The topological polar surface area (TPSA) is 54.4 Å². The summed E-state index contributed by atoms with van der Waals surface area (Å²) in [5, 5.41) is 8.51. The largest absolute Gasteiger partial charge is 0.481 e. The van der Waals surface area contributed by atoms with Crippen molar-refractivity contribution in [1.29, 1.82) is 0 Å². The van der Waals surface area contributed by atoms with Crippen LogP contribution in [0.4, 0.5) is 0 Å². The number of Topliss-reactive ketones (excluding diaryl/α,β-unsaturated/α-hetero) is 1. The summed E-state index contributed by atoms with van der Waals surface area (Å²) < 4.78 is 0.983. The summed E-state index contributed by atoms with van der Waals surface area (Å²) in [6.07, 6.45) is 0.719. The Labute approximate surface area is 109 Å². The van der Waals surface area contributed by atoms with Gasteiger partial charge in [0, 0.05) is 22.9 Å². The molecule has 0 saturated heterocycles. The predicted octanol–water partition coefficient (Wildman–Crippen LogP) is 3.50. The first-order chi connectivity index (χ1) is 7.91. The van der Waals surface area contributed by atoms with Crippen LogP contribution < -0.4 is 0 Å². The van der Waals surface area contributed by atoms with E-state index in [0.717, 1.165) is 15.6 Å². The Morgan fingerprint density at radius 3 is 2.41 bits per heavy atom. The summed E-state index contributed by atoms with van der Waals surface area (Å²) in [5.74, 6) is -0.846. The number of carboxylic acids is 1. The molecule has 0 fully saturated rings. The molecule has 92 valence electrons. The number of rotatable bonds is 5. The molecule has 0 radical (unpaired) electrons. The molecule has 4 heteroatoms. The van der Waals surface area contributed by atoms with Crippen LogP contribution in [0.15, 0.2) is 16.6 Å². The highest BCUT2D eigenvalue weighted by molar-refractivity contribution is 9.10. The first-order valence-corrected chi connectivity index (χ1v) is 6.23. The summed E-state index contributed by atoms with van der Waals surface area (Å²) in [6, 6.07) is 3.77. The Hall–Kier alpha value is -1.16. The average molecular weight is 299 g/mol. The minimum atomic E-state index is -0.860. The molecule has 0 spiro atoms. The van der Waals surface area contributed by atoms with Gasteiger partial charge in [-0.25, -0.2) is 0 Å². The Balaban J connectivity index is 2.75. The average Bonchev–Trinajstić information content (AvgIpc) is 2.22. The Morgan fingerprint density at radius 2 is 1.82 bits per heavy atom. The van der Waals surface area contributed by atoms with Gasteiger partial charge in [0.1, 0.15) is 0 Å². The van der Waals surface area contributed by atoms with E-state index in [2.05, 4.69) is 15.9 Å². The van der Waals surface area contributed by atoms with E-state index in [1.165, 1.54) is 0 Å². The highest BCUT2D eigenvalue weighted by Gasteiger charge is 2.11. The number of hydrogen-bond acceptors (Lipinski definition) is 2. The van der Waals surface area contributed by atoms with Crippen LogP contribution in [-0.4, -0.2) is 16.9 Å². The van der Waals surface area contributed by atoms with Gasteiger partial charge in [0.05, 0.1) is 0 Å². The number of aliphatic carboxylic acids is 1. The molecule has 0 unspecified atom stereocenters. The Morgan fingerprint density at radius 1 is 1.18 bits per heavy atom. The summed E-state index contributed by atoms with van der Waals surface area (Å²) in [4.78, 5) is 22.3. The van der Waals surface area contributed by atoms with Gasteiger partial charge in [-0.1, -0.05) is 15.9 Å². The van der Waals surface area contributed by atoms with Crippen LogP contribution >= 0.6 is 15.9 Å². The zero-order valence-corrected chi connectivity index (χ0v) is 11.5. The highest BCUT2D eigenvalue weighted by atomic mass is 79.9. The maximum atomic E-state index is 11.9. The molecule has 0 amide bonds. The van der Waals surface area contributed by atoms with Crippen LogP contribution in [0.2, 0.25) is 0 Å². The van der Waals surface area contributed by atoms with Crippen molar-refractivity contribution in [2.75, 3.05) is 0 Å². The second kappa shape index (κ2) is 5.96. The summed E-state index contributed by atoms with van der Waals surface area (Å²) in [7, 11) is 0. The van der Waals surface area contributed by atoms with Crippen molar-refractivity contribution in [2.45, 2.75) is 33.1 Å². The third-order valence-electron chi connectivity index (χ3n) is 2.60. The molecule has 0 aliphatic carbocycles. The molecule has 1 N–H and O–H groups in total. The van der Waals surface area contributed by atoms with E-state index in [0.29, 0.717) is 12.0 Å². The number of benzene rings is 1. The van der Waals surface area contributed by atoms with Crippen molar-refractivity contribution in [2.24, 2.45) is 0 Å². The number of carbonyl (C=O) groups excluding carboxylic acids is 1. The van der Waals surface area contributed by atoms with Crippen LogP contribution in [0.25, 0.3) is 0 Å². The van der Waals surface area contributed by atoms with Crippen LogP contribution in [0.5, 0.6) is 0 Å². The van der Waals surface area contributed by atoms with Gasteiger partial charge in [-0.15, -0.1) is 0 Å². The van der Waals surface area contributed by atoms with Gasteiger partial charge in [-0.2, -0.15) is 0 Å². The zero-order valence-electron chi connectivity index (χ0n) is 9.92. The van der Waals surface area contributed by atoms with E-state index in [1.54, 1.807) is 0 Å². The van der Waals surface area contributed by atoms with Gasteiger partial charge in [-0.3, -0.25) is 9.59 Å². The second-order valence-electron chi connectivity index (χ2n) is 4.09. The molecule has 1 rings (SSSR count). The molecule has 0 heterocycles. The van der Waals surface area contributed by atoms with Gasteiger partial charge < -0.3 is 5.11 Å². The quantitative estimate of drug-likeness (QED) is 0.847.